The van der Waals surface area contributed by atoms with Gasteiger partial charge in [-0.15, -0.1) is 0 Å². The van der Waals surface area contributed by atoms with E-state index in [0.29, 0.717) is 18.9 Å². The fraction of sp³-hybridized carbons (Fsp3) is 0.350. The van der Waals surface area contributed by atoms with Crippen molar-refractivity contribution in [3.8, 4) is 5.75 Å². The minimum atomic E-state index is -3.80. The molecule has 28 heavy (non-hydrogen) atoms. The van der Waals surface area contributed by atoms with Crippen LogP contribution in [0.25, 0.3) is 0 Å². The standard InChI is InChI=1S/C20H24N2O5S/c1-14-4-6-17(15(2)12-14)21-20(23)16-5-7-18(26-3)19(13-16)28(24,25)22-8-10-27-11-9-22/h4-7,12-13H,8-11H2,1-3H3,(H,21,23). The van der Waals surface area contributed by atoms with Crippen LogP contribution in [0.15, 0.2) is 41.3 Å². The second-order valence-corrected chi connectivity index (χ2v) is 8.56. The molecule has 1 aliphatic rings. The number of nitrogens with zero attached hydrogens (tertiary/aromatic N) is 1. The van der Waals surface area contributed by atoms with E-state index in [2.05, 4.69) is 5.32 Å². The van der Waals surface area contributed by atoms with Gasteiger partial charge in [-0.2, -0.15) is 4.31 Å². The van der Waals surface area contributed by atoms with Gasteiger partial charge in [0.15, 0.2) is 0 Å². The number of aryl methyl sites for hydroxylation is 2. The maximum atomic E-state index is 13.1. The Hall–Kier alpha value is -2.42. The van der Waals surface area contributed by atoms with Gasteiger partial charge < -0.3 is 14.8 Å². The number of rotatable bonds is 5. The van der Waals surface area contributed by atoms with Crippen molar-refractivity contribution < 1.29 is 22.7 Å². The predicted molar refractivity (Wildman–Crippen MR) is 106 cm³/mol. The number of ether oxygens (including phenoxy) is 2. The highest BCUT2D eigenvalue weighted by Gasteiger charge is 2.30. The largest absolute Gasteiger partial charge is 0.495 e. The first kappa shape index (κ1) is 20.3. The Labute approximate surface area is 165 Å². The average Bonchev–Trinajstić information content (AvgIpc) is 2.70. The fourth-order valence-electron chi connectivity index (χ4n) is 3.09. The Morgan fingerprint density at radius 2 is 1.82 bits per heavy atom. The van der Waals surface area contributed by atoms with Gasteiger partial charge in [-0.05, 0) is 43.7 Å². The average molecular weight is 404 g/mol. The van der Waals surface area contributed by atoms with Gasteiger partial charge in [0.1, 0.15) is 10.6 Å². The van der Waals surface area contributed by atoms with Gasteiger partial charge in [0.25, 0.3) is 5.91 Å². The maximum absolute atomic E-state index is 13.1. The van der Waals surface area contributed by atoms with Gasteiger partial charge in [-0.25, -0.2) is 8.42 Å². The quantitative estimate of drug-likeness (QED) is 0.828. The van der Waals surface area contributed by atoms with E-state index >= 15 is 0 Å². The normalized spacial score (nSPS) is 15.2. The Bertz CT molecular complexity index is 982. The van der Waals surface area contributed by atoms with E-state index in [-0.39, 0.29) is 35.2 Å². The van der Waals surface area contributed by atoms with Gasteiger partial charge in [-0.1, -0.05) is 17.7 Å². The Balaban J connectivity index is 1.92. The van der Waals surface area contributed by atoms with E-state index < -0.39 is 10.0 Å². The summed E-state index contributed by atoms with van der Waals surface area (Å²) < 4.78 is 37.9. The molecule has 1 saturated heterocycles. The number of anilines is 1. The number of methoxy groups -OCH3 is 1. The number of benzene rings is 2. The highest BCUT2D eigenvalue weighted by atomic mass is 32.2. The summed E-state index contributed by atoms with van der Waals surface area (Å²) in [7, 11) is -2.39. The SMILES string of the molecule is COc1ccc(C(=O)Nc2ccc(C)cc2C)cc1S(=O)(=O)N1CCOCC1. The monoisotopic (exact) mass is 404 g/mol. The van der Waals surface area contributed by atoms with E-state index in [1.54, 1.807) is 6.07 Å². The van der Waals surface area contributed by atoms with Crippen molar-refractivity contribution in [3.63, 3.8) is 0 Å². The van der Waals surface area contributed by atoms with Gasteiger partial charge in [0.05, 0.1) is 20.3 Å². The molecule has 1 N–H and O–H groups in total. The molecule has 0 bridgehead atoms. The lowest BCUT2D eigenvalue weighted by molar-refractivity contribution is 0.0729. The third-order valence-corrected chi connectivity index (χ3v) is 6.56. The summed E-state index contributed by atoms with van der Waals surface area (Å²) in [5.41, 5.74) is 2.96. The van der Waals surface area contributed by atoms with Crippen LogP contribution in [0, 0.1) is 13.8 Å². The first-order valence-corrected chi connectivity index (χ1v) is 10.4. The van der Waals surface area contributed by atoms with Gasteiger partial charge in [0, 0.05) is 24.3 Å². The molecular formula is C20H24N2O5S. The van der Waals surface area contributed by atoms with Crippen LogP contribution in [0.4, 0.5) is 5.69 Å². The Morgan fingerprint density at radius 3 is 2.46 bits per heavy atom. The van der Waals surface area contributed by atoms with Crippen LogP contribution in [-0.4, -0.2) is 52.0 Å². The number of amides is 1. The Kier molecular flexibility index (Phi) is 6.02. The molecule has 8 heteroatoms. The van der Waals surface area contributed by atoms with Crippen LogP contribution < -0.4 is 10.1 Å². The zero-order valence-corrected chi connectivity index (χ0v) is 17.0. The lowest BCUT2D eigenvalue weighted by atomic mass is 10.1. The van der Waals surface area contributed by atoms with Gasteiger partial charge in [-0.3, -0.25) is 4.79 Å². The molecule has 0 aromatic heterocycles. The van der Waals surface area contributed by atoms with Crippen molar-refractivity contribution >= 4 is 21.6 Å². The smallest absolute Gasteiger partial charge is 0.255 e. The van der Waals surface area contributed by atoms with Crippen molar-refractivity contribution in [2.75, 3.05) is 38.7 Å². The summed E-state index contributed by atoms with van der Waals surface area (Å²) >= 11 is 0. The minimum Gasteiger partial charge on any atom is -0.495 e. The molecule has 0 spiro atoms. The minimum absolute atomic E-state index is 0.0230. The van der Waals surface area contributed by atoms with Crippen molar-refractivity contribution in [2.45, 2.75) is 18.7 Å². The molecule has 7 nitrogen and oxygen atoms in total. The number of carbonyl (C=O) groups excluding carboxylic acids is 1. The van der Waals surface area contributed by atoms with Crippen LogP contribution in [0.1, 0.15) is 21.5 Å². The third-order valence-electron chi connectivity index (χ3n) is 4.64. The van der Waals surface area contributed by atoms with Crippen LogP contribution >= 0.6 is 0 Å². The van der Waals surface area contributed by atoms with Gasteiger partial charge >= 0.3 is 0 Å². The molecule has 2 aromatic rings. The second-order valence-electron chi connectivity index (χ2n) is 6.65. The lowest BCUT2D eigenvalue weighted by Gasteiger charge is -2.26. The molecule has 150 valence electrons. The zero-order chi connectivity index (χ0) is 20.3. The number of nitrogens with one attached hydrogen (secondary N) is 1. The molecular weight excluding hydrogens is 380 g/mol. The molecule has 0 radical (unpaired) electrons. The summed E-state index contributed by atoms with van der Waals surface area (Å²) in [6.07, 6.45) is 0. The number of hydrogen-bond donors (Lipinski definition) is 1. The molecule has 1 amide bonds. The molecule has 0 saturated carbocycles. The number of hydrogen-bond acceptors (Lipinski definition) is 5. The summed E-state index contributed by atoms with van der Waals surface area (Å²) in [6, 6.07) is 10.1. The summed E-state index contributed by atoms with van der Waals surface area (Å²) in [6.45, 7) is 5.10. The molecule has 2 aromatic carbocycles. The van der Waals surface area contributed by atoms with E-state index in [9.17, 15) is 13.2 Å². The first-order valence-electron chi connectivity index (χ1n) is 8.97. The van der Waals surface area contributed by atoms with E-state index in [4.69, 9.17) is 9.47 Å². The van der Waals surface area contributed by atoms with E-state index in [1.165, 1.54) is 23.5 Å². The van der Waals surface area contributed by atoms with Gasteiger partial charge in [0.2, 0.25) is 10.0 Å². The van der Waals surface area contributed by atoms with E-state index in [0.717, 1.165) is 11.1 Å². The highest BCUT2D eigenvalue weighted by molar-refractivity contribution is 7.89. The summed E-state index contributed by atoms with van der Waals surface area (Å²) in [5.74, 6) is -0.178. The Morgan fingerprint density at radius 1 is 1.11 bits per heavy atom. The predicted octanol–water partition coefficient (Wildman–Crippen LogP) is 2.59. The van der Waals surface area contributed by atoms with Crippen molar-refractivity contribution in [2.24, 2.45) is 0 Å². The molecule has 0 aliphatic carbocycles. The molecule has 3 rings (SSSR count). The molecule has 0 unspecified atom stereocenters. The van der Waals surface area contributed by atoms with Crippen molar-refractivity contribution in [1.29, 1.82) is 0 Å². The van der Waals surface area contributed by atoms with Crippen LogP contribution in [0.2, 0.25) is 0 Å². The van der Waals surface area contributed by atoms with Crippen LogP contribution in [0.5, 0.6) is 5.75 Å². The third kappa shape index (κ3) is 4.19. The number of sulfonamides is 1. The molecule has 0 atom stereocenters. The maximum Gasteiger partial charge on any atom is 0.255 e. The second kappa shape index (κ2) is 8.30. The molecule has 1 aliphatic heterocycles. The summed E-state index contributed by atoms with van der Waals surface area (Å²) in [5, 5.41) is 2.84. The number of carbonyl (C=O) groups is 1. The van der Waals surface area contributed by atoms with Crippen molar-refractivity contribution in [3.05, 3.63) is 53.1 Å². The van der Waals surface area contributed by atoms with Crippen LogP contribution in [0.3, 0.4) is 0 Å². The number of morpholine rings is 1. The topological polar surface area (TPSA) is 84.9 Å². The lowest BCUT2D eigenvalue weighted by Crippen LogP contribution is -2.40. The van der Waals surface area contributed by atoms with Crippen LogP contribution in [-0.2, 0) is 14.8 Å². The molecule has 1 heterocycles. The van der Waals surface area contributed by atoms with E-state index in [1.807, 2.05) is 32.0 Å². The zero-order valence-electron chi connectivity index (χ0n) is 16.2. The van der Waals surface area contributed by atoms with Crippen molar-refractivity contribution in [1.82, 2.24) is 4.31 Å². The highest BCUT2D eigenvalue weighted by Crippen LogP contribution is 2.29. The fourth-order valence-corrected chi connectivity index (χ4v) is 4.68. The molecule has 1 fully saturated rings. The first-order chi connectivity index (χ1) is 13.3. The summed E-state index contributed by atoms with van der Waals surface area (Å²) in [4.78, 5) is 12.7.